The molecule has 0 aromatic heterocycles. The largest absolute Gasteiger partial charge is 0.340 e. The van der Waals surface area contributed by atoms with E-state index in [1.165, 1.54) is 0 Å². The van der Waals surface area contributed by atoms with Gasteiger partial charge < -0.3 is 15.5 Å². The maximum Gasteiger partial charge on any atom is 0.251 e. The number of nitrogens with zero attached hydrogens (tertiary/aromatic N) is 1. The number of halogens is 2. The lowest BCUT2D eigenvalue weighted by molar-refractivity contribution is -0.119. The Labute approximate surface area is 185 Å². The molecule has 3 amide bonds. The average Bonchev–Trinajstić information content (AvgIpc) is 3.13. The topological polar surface area (TPSA) is 78.5 Å². The molecule has 2 aromatic carbocycles. The molecule has 1 atom stereocenters. The number of hydrogen-bond donors (Lipinski definition) is 2. The third-order valence-electron chi connectivity index (χ3n) is 4.94. The molecule has 30 heavy (non-hydrogen) atoms. The molecule has 1 fully saturated rings. The highest BCUT2D eigenvalue weighted by molar-refractivity contribution is 6.34. The van der Waals surface area contributed by atoms with Crippen LogP contribution in [0.4, 0.5) is 11.4 Å². The Morgan fingerprint density at radius 2 is 1.77 bits per heavy atom. The molecule has 158 valence electrons. The van der Waals surface area contributed by atoms with E-state index in [0.717, 1.165) is 6.42 Å². The fourth-order valence-corrected chi connectivity index (χ4v) is 3.56. The van der Waals surface area contributed by atoms with E-state index < -0.39 is 6.04 Å². The molecule has 1 saturated heterocycles. The van der Waals surface area contributed by atoms with Crippen molar-refractivity contribution in [1.82, 2.24) is 5.32 Å². The summed E-state index contributed by atoms with van der Waals surface area (Å²) in [7, 11) is 0. The molecule has 0 bridgehead atoms. The van der Waals surface area contributed by atoms with Gasteiger partial charge in [-0.2, -0.15) is 0 Å². The molecule has 1 aliphatic heterocycles. The van der Waals surface area contributed by atoms with Crippen molar-refractivity contribution in [2.45, 2.75) is 32.7 Å². The predicted octanol–water partition coefficient (Wildman–Crippen LogP) is 4.51. The van der Waals surface area contributed by atoms with Crippen molar-refractivity contribution in [1.29, 1.82) is 0 Å². The van der Waals surface area contributed by atoms with Crippen LogP contribution in [0.5, 0.6) is 0 Å². The Morgan fingerprint density at radius 1 is 1.07 bits per heavy atom. The fraction of sp³-hybridized carbons (Fsp3) is 0.318. The van der Waals surface area contributed by atoms with Gasteiger partial charge in [0.1, 0.15) is 6.04 Å². The van der Waals surface area contributed by atoms with Crippen LogP contribution < -0.4 is 15.5 Å². The summed E-state index contributed by atoms with van der Waals surface area (Å²) in [5.74, 6) is -0.879. The number of carbonyl (C=O) groups is 3. The minimum absolute atomic E-state index is 0.0462. The molecule has 0 saturated carbocycles. The molecular formula is C22H23Cl2N3O3. The van der Waals surface area contributed by atoms with Crippen LogP contribution in [-0.2, 0) is 9.59 Å². The first kappa shape index (κ1) is 22.1. The van der Waals surface area contributed by atoms with Crippen LogP contribution in [0.1, 0.15) is 37.0 Å². The van der Waals surface area contributed by atoms with E-state index in [0.29, 0.717) is 39.9 Å². The highest BCUT2D eigenvalue weighted by atomic mass is 35.5. The molecular weight excluding hydrogens is 425 g/mol. The van der Waals surface area contributed by atoms with Crippen molar-refractivity contribution < 1.29 is 14.4 Å². The van der Waals surface area contributed by atoms with E-state index in [2.05, 4.69) is 10.6 Å². The summed E-state index contributed by atoms with van der Waals surface area (Å²) in [6.45, 7) is 4.32. The summed E-state index contributed by atoms with van der Waals surface area (Å²) < 4.78 is 0. The molecule has 1 heterocycles. The van der Waals surface area contributed by atoms with Gasteiger partial charge in [-0.3, -0.25) is 14.4 Å². The molecule has 2 aromatic rings. The van der Waals surface area contributed by atoms with Gasteiger partial charge in [0.2, 0.25) is 11.8 Å². The van der Waals surface area contributed by atoms with Crippen molar-refractivity contribution in [3.05, 3.63) is 58.1 Å². The second-order valence-electron chi connectivity index (χ2n) is 7.50. The molecule has 1 unspecified atom stereocenters. The van der Waals surface area contributed by atoms with Crippen molar-refractivity contribution in [2.24, 2.45) is 5.92 Å². The minimum atomic E-state index is -0.777. The van der Waals surface area contributed by atoms with E-state index in [1.807, 2.05) is 13.8 Å². The van der Waals surface area contributed by atoms with E-state index in [4.69, 9.17) is 23.2 Å². The van der Waals surface area contributed by atoms with Crippen molar-refractivity contribution in [2.75, 3.05) is 16.8 Å². The highest BCUT2D eigenvalue weighted by Gasteiger charge is 2.26. The Kier molecular flexibility index (Phi) is 7.00. The first-order chi connectivity index (χ1) is 14.3. The van der Waals surface area contributed by atoms with Gasteiger partial charge >= 0.3 is 0 Å². The Bertz CT molecular complexity index is 961. The van der Waals surface area contributed by atoms with Gasteiger partial charge in [-0.25, -0.2) is 0 Å². The quantitative estimate of drug-likeness (QED) is 0.683. The van der Waals surface area contributed by atoms with E-state index in [9.17, 15) is 14.4 Å². The number of carbonyl (C=O) groups excluding carboxylic acids is 3. The summed E-state index contributed by atoms with van der Waals surface area (Å²) in [5, 5.41) is 6.43. The van der Waals surface area contributed by atoms with Crippen LogP contribution in [-0.4, -0.2) is 30.3 Å². The van der Waals surface area contributed by atoms with E-state index >= 15 is 0 Å². The fourth-order valence-electron chi connectivity index (χ4n) is 3.27. The standard InChI is InChI=1S/C22H23Cl2N3O3/c1-13(2)20(26-21(29)14-5-7-15(23)8-6-14)22(30)25-18-12-16(9-10-17(18)24)27-11-3-4-19(27)28/h5-10,12-13,20H,3-4,11H2,1-2H3,(H,25,30)(H,26,29). The number of hydrogen-bond acceptors (Lipinski definition) is 3. The average molecular weight is 448 g/mol. The Balaban J connectivity index is 1.75. The van der Waals surface area contributed by atoms with Crippen LogP contribution in [0.2, 0.25) is 10.0 Å². The van der Waals surface area contributed by atoms with E-state index in [1.54, 1.807) is 47.4 Å². The normalized spacial score (nSPS) is 14.7. The van der Waals surface area contributed by atoms with Crippen molar-refractivity contribution >= 4 is 52.3 Å². The second kappa shape index (κ2) is 9.49. The van der Waals surface area contributed by atoms with Crippen LogP contribution in [0.25, 0.3) is 0 Å². The number of anilines is 2. The Morgan fingerprint density at radius 3 is 2.37 bits per heavy atom. The van der Waals surface area contributed by atoms with Gasteiger partial charge in [-0.05, 0) is 54.8 Å². The lowest BCUT2D eigenvalue weighted by atomic mass is 10.0. The minimum Gasteiger partial charge on any atom is -0.340 e. The van der Waals surface area contributed by atoms with Gasteiger partial charge in [0, 0.05) is 29.2 Å². The van der Waals surface area contributed by atoms with Gasteiger partial charge in [0.15, 0.2) is 0 Å². The molecule has 6 nitrogen and oxygen atoms in total. The molecule has 8 heteroatoms. The summed E-state index contributed by atoms with van der Waals surface area (Å²) in [4.78, 5) is 39.2. The third-order valence-corrected chi connectivity index (χ3v) is 5.52. The monoisotopic (exact) mass is 447 g/mol. The van der Waals surface area contributed by atoms with Crippen LogP contribution >= 0.6 is 23.2 Å². The molecule has 0 radical (unpaired) electrons. The molecule has 0 spiro atoms. The molecule has 0 aliphatic carbocycles. The van der Waals surface area contributed by atoms with Gasteiger partial charge in [-0.1, -0.05) is 37.0 Å². The molecule has 2 N–H and O–H groups in total. The number of rotatable bonds is 6. The maximum atomic E-state index is 12.9. The van der Waals surface area contributed by atoms with Crippen LogP contribution in [0.3, 0.4) is 0 Å². The maximum absolute atomic E-state index is 12.9. The smallest absolute Gasteiger partial charge is 0.251 e. The summed E-state index contributed by atoms with van der Waals surface area (Å²) >= 11 is 12.1. The number of benzene rings is 2. The lowest BCUT2D eigenvalue weighted by Crippen LogP contribution is -2.47. The predicted molar refractivity (Wildman–Crippen MR) is 119 cm³/mol. The molecule has 1 aliphatic rings. The first-order valence-electron chi connectivity index (χ1n) is 9.73. The van der Waals surface area contributed by atoms with Gasteiger partial charge in [-0.15, -0.1) is 0 Å². The summed E-state index contributed by atoms with van der Waals surface area (Å²) in [5.41, 5.74) is 1.49. The Hall–Kier alpha value is -2.57. The van der Waals surface area contributed by atoms with Crippen molar-refractivity contribution in [3.8, 4) is 0 Å². The highest BCUT2D eigenvalue weighted by Crippen LogP contribution is 2.30. The molecule has 3 rings (SSSR count). The van der Waals surface area contributed by atoms with Gasteiger partial charge in [0.05, 0.1) is 10.7 Å². The summed E-state index contributed by atoms with van der Waals surface area (Å²) in [6.07, 6.45) is 1.31. The zero-order valence-corrected chi connectivity index (χ0v) is 18.3. The zero-order valence-electron chi connectivity index (χ0n) is 16.7. The van der Waals surface area contributed by atoms with E-state index in [-0.39, 0.29) is 23.6 Å². The lowest BCUT2D eigenvalue weighted by Gasteiger charge is -2.23. The third kappa shape index (κ3) is 5.12. The SMILES string of the molecule is CC(C)C(NC(=O)c1ccc(Cl)cc1)C(=O)Nc1cc(N2CCCC2=O)ccc1Cl. The first-order valence-corrected chi connectivity index (χ1v) is 10.5. The van der Waals surface area contributed by atoms with Crippen molar-refractivity contribution in [3.63, 3.8) is 0 Å². The second-order valence-corrected chi connectivity index (χ2v) is 8.35. The van der Waals surface area contributed by atoms with Gasteiger partial charge in [0.25, 0.3) is 5.91 Å². The van der Waals surface area contributed by atoms with Crippen LogP contribution in [0, 0.1) is 5.92 Å². The number of amides is 3. The number of nitrogens with one attached hydrogen (secondary N) is 2. The summed E-state index contributed by atoms with van der Waals surface area (Å²) in [6, 6.07) is 10.7. The van der Waals surface area contributed by atoms with Crippen LogP contribution in [0.15, 0.2) is 42.5 Å². The zero-order chi connectivity index (χ0) is 21.8.